The number of para-hydroxylation sites is 1. The predicted molar refractivity (Wildman–Crippen MR) is 217 cm³/mol. The van der Waals surface area contributed by atoms with Gasteiger partial charge in [-0.3, -0.25) is 4.57 Å². The first-order valence-corrected chi connectivity index (χ1v) is 18.6. The van der Waals surface area contributed by atoms with Crippen LogP contribution in [0.25, 0.3) is 39.0 Å². The molecule has 54 heavy (non-hydrogen) atoms. The van der Waals surface area contributed by atoms with E-state index in [1.54, 1.807) is 0 Å². The predicted octanol–water partition coefficient (Wildman–Crippen LogP) is 11.6. The first-order valence-electron chi connectivity index (χ1n) is 18.6. The van der Waals surface area contributed by atoms with Gasteiger partial charge in [0.2, 0.25) is 0 Å². The standard InChI is InChI=1S/C48H52N4O.Pt/c1-45(2,3)32-20-23-41(39(26-32)47(7,8)9)50-30-43(48(10,11)12)51(31-50)34-16-15-17-35(28-34)53-36-21-22-38-37-18-13-14-19-40(37)52(42(38)29-36)44-27-33(24-25-49-44)46(4,5)6;/h13-27,30H,1-12H3;/q-2;. The van der Waals surface area contributed by atoms with E-state index in [-0.39, 0.29) is 42.7 Å². The molecule has 5 nitrogen and oxygen atoms in total. The quantitative estimate of drug-likeness (QED) is 0.127. The second-order valence-corrected chi connectivity index (χ2v) is 18.4. The number of imidazole rings is 1. The third-order valence-electron chi connectivity index (χ3n) is 10.0. The topological polar surface area (TPSA) is 35.9 Å². The molecule has 0 bridgehead atoms. The van der Waals surface area contributed by atoms with Crippen molar-refractivity contribution in [2.75, 3.05) is 0 Å². The molecule has 0 fully saturated rings. The van der Waals surface area contributed by atoms with E-state index in [1.165, 1.54) is 16.7 Å². The summed E-state index contributed by atoms with van der Waals surface area (Å²) in [5, 5.41) is 2.25. The molecule has 0 saturated carbocycles. The van der Waals surface area contributed by atoms with Crippen LogP contribution in [-0.2, 0) is 42.7 Å². The summed E-state index contributed by atoms with van der Waals surface area (Å²) in [6.45, 7) is 27.0. The molecule has 6 heteroatoms. The van der Waals surface area contributed by atoms with E-state index in [2.05, 4.69) is 188 Å². The van der Waals surface area contributed by atoms with Gasteiger partial charge in [0.1, 0.15) is 5.82 Å². The molecule has 7 aromatic rings. The number of rotatable bonds is 5. The average Bonchev–Trinajstić information content (AvgIpc) is 3.68. The van der Waals surface area contributed by atoms with Gasteiger partial charge < -0.3 is 13.9 Å². The Kier molecular flexibility index (Phi) is 10.2. The molecular formula is C48H52N4OPt-2. The molecule has 0 amide bonds. The van der Waals surface area contributed by atoms with Crippen LogP contribution >= 0.6 is 0 Å². The molecule has 0 aliphatic rings. The van der Waals surface area contributed by atoms with Gasteiger partial charge in [-0.15, -0.1) is 29.7 Å². The number of hydrogen-bond donors (Lipinski definition) is 0. The number of fused-ring (bicyclic) bond motifs is 3. The Bertz CT molecular complexity index is 2470. The minimum absolute atomic E-state index is 0. The monoisotopic (exact) mass is 895 g/mol. The van der Waals surface area contributed by atoms with Crippen LogP contribution in [0.15, 0.2) is 97.3 Å². The molecule has 0 aliphatic carbocycles. The van der Waals surface area contributed by atoms with Crippen molar-refractivity contribution < 1.29 is 30.4 Å². The molecule has 0 unspecified atom stereocenters. The van der Waals surface area contributed by atoms with Gasteiger partial charge in [-0.25, -0.2) is 4.98 Å². The van der Waals surface area contributed by atoms with Crippen LogP contribution in [0.5, 0.6) is 11.5 Å². The number of pyridine rings is 1. The van der Waals surface area contributed by atoms with Crippen molar-refractivity contribution in [1.29, 1.82) is 0 Å². The smallest absolute Gasteiger partial charge is 0.267 e. The molecule has 0 N–H and O–H groups in total. The molecule has 0 spiro atoms. The summed E-state index contributed by atoms with van der Waals surface area (Å²) in [5.74, 6) is 2.07. The fourth-order valence-electron chi connectivity index (χ4n) is 6.94. The van der Waals surface area contributed by atoms with Gasteiger partial charge >= 0.3 is 0 Å². The Morgan fingerprint density at radius 2 is 1.31 bits per heavy atom. The number of ether oxygens (including phenoxy) is 1. The molecule has 7 rings (SSSR count). The zero-order valence-electron chi connectivity index (χ0n) is 33.8. The van der Waals surface area contributed by atoms with Crippen LogP contribution in [0, 0.1) is 18.5 Å². The third-order valence-corrected chi connectivity index (χ3v) is 10.0. The van der Waals surface area contributed by atoms with Crippen molar-refractivity contribution in [3.63, 3.8) is 0 Å². The summed E-state index contributed by atoms with van der Waals surface area (Å²) in [4.78, 5) is 4.83. The molecule has 0 radical (unpaired) electrons. The van der Waals surface area contributed by atoms with Crippen molar-refractivity contribution in [2.24, 2.45) is 0 Å². The fourth-order valence-corrected chi connectivity index (χ4v) is 6.94. The zero-order chi connectivity index (χ0) is 38.1. The van der Waals surface area contributed by atoms with Crippen LogP contribution < -0.4 is 9.30 Å². The van der Waals surface area contributed by atoms with Crippen molar-refractivity contribution in [1.82, 2.24) is 14.1 Å². The SMILES string of the molecule is CC(C)(C)c1ccnc(-n2c3[c-]c(Oc4[c-]c(-n5[c-][n+](-c6ccc(C(C)(C)C)cc6C(C)(C)C)cc5C(C)(C)C)ccc4)ccc3c3ccccc32)c1.[Pt]. The Morgan fingerprint density at radius 3 is 2.00 bits per heavy atom. The van der Waals surface area contributed by atoms with Gasteiger partial charge in [0.25, 0.3) is 6.33 Å². The van der Waals surface area contributed by atoms with Crippen molar-refractivity contribution >= 4 is 21.8 Å². The minimum atomic E-state index is -0.162. The van der Waals surface area contributed by atoms with Crippen LogP contribution in [-0.4, -0.2) is 14.1 Å². The first-order chi connectivity index (χ1) is 24.8. The van der Waals surface area contributed by atoms with E-state index in [0.29, 0.717) is 11.5 Å². The maximum atomic E-state index is 6.56. The van der Waals surface area contributed by atoms with E-state index >= 15 is 0 Å². The number of benzene rings is 4. The van der Waals surface area contributed by atoms with Crippen molar-refractivity contribution in [3.8, 4) is 28.7 Å². The van der Waals surface area contributed by atoms with Gasteiger partial charge in [-0.05, 0) is 73.7 Å². The number of nitrogens with zero attached hydrogens (tertiary/aromatic N) is 4. The Labute approximate surface area is 336 Å². The Hall–Kier alpha value is -4.47. The van der Waals surface area contributed by atoms with Crippen LogP contribution in [0.4, 0.5) is 0 Å². The Morgan fingerprint density at radius 1 is 0.630 bits per heavy atom. The summed E-state index contributed by atoms with van der Waals surface area (Å²) >= 11 is 0. The second-order valence-electron chi connectivity index (χ2n) is 18.4. The van der Waals surface area contributed by atoms with Gasteiger partial charge in [0.15, 0.2) is 0 Å². The average molecular weight is 896 g/mol. The van der Waals surface area contributed by atoms with Gasteiger partial charge in [-0.1, -0.05) is 119 Å². The minimum Gasteiger partial charge on any atom is -0.510 e. The van der Waals surface area contributed by atoms with E-state index in [9.17, 15) is 0 Å². The van der Waals surface area contributed by atoms with E-state index < -0.39 is 0 Å². The van der Waals surface area contributed by atoms with Crippen LogP contribution in [0.3, 0.4) is 0 Å². The summed E-state index contributed by atoms with van der Waals surface area (Å²) in [6, 6.07) is 36.9. The number of hydrogen-bond acceptors (Lipinski definition) is 2. The maximum Gasteiger partial charge on any atom is 0.267 e. The van der Waals surface area contributed by atoms with Gasteiger partial charge in [0.05, 0.1) is 11.4 Å². The molecule has 0 saturated heterocycles. The fraction of sp³-hybridized carbons (Fsp3) is 0.333. The number of aromatic nitrogens is 4. The van der Waals surface area contributed by atoms with Crippen LogP contribution in [0.1, 0.15) is 105 Å². The molecular weight excluding hydrogens is 844 g/mol. The van der Waals surface area contributed by atoms with Gasteiger partial charge in [0, 0.05) is 50.5 Å². The first kappa shape index (κ1) is 39.2. The van der Waals surface area contributed by atoms with E-state index in [1.807, 2.05) is 24.4 Å². The molecule has 3 heterocycles. The summed E-state index contributed by atoms with van der Waals surface area (Å²) in [6.07, 6.45) is 7.80. The Balaban J connectivity index is 0.00000497. The normalized spacial score (nSPS) is 12.7. The summed E-state index contributed by atoms with van der Waals surface area (Å²) in [5.41, 5.74) is 8.75. The van der Waals surface area contributed by atoms with E-state index in [4.69, 9.17) is 9.72 Å². The maximum absolute atomic E-state index is 6.56. The second kappa shape index (κ2) is 14.0. The molecule has 3 aromatic heterocycles. The molecule has 0 atom stereocenters. The van der Waals surface area contributed by atoms with E-state index in [0.717, 1.165) is 44.7 Å². The van der Waals surface area contributed by atoms with Crippen LogP contribution in [0.2, 0.25) is 0 Å². The van der Waals surface area contributed by atoms with Crippen molar-refractivity contribution in [2.45, 2.75) is 105 Å². The largest absolute Gasteiger partial charge is 0.510 e. The zero-order valence-corrected chi connectivity index (χ0v) is 36.0. The molecule has 0 aliphatic heterocycles. The summed E-state index contributed by atoms with van der Waals surface area (Å²) < 4.78 is 13.0. The third kappa shape index (κ3) is 7.58. The molecule has 282 valence electrons. The van der Waals surface area contributed by atoms with Gasteiger partial charge in [-0.2, -0.15) is 18.2 Å². The van der Waals surface area contributed by atoms with Crippen molar-refractivity contribution in [3.05, 3.63) is 138 Å². The summed E-state index contributed by atoms with van der Waals surface area (Å²) in [7, 11) is 0. The molecule has 4 aromatic carbocycles.